The molecule has 3 aromatic rings. The highest BCUT2D eigenvalue weighted by molar-refractivity contribution is 7.89. The van der Waals surface area contributed by atoms with Crippen LogP contribution in [0.2, 0.25) is 0 Å². The fraction of sp³-hybridized carbons (Fsp3) is 0.0909. The Bertz CT molecular complexity index is 837. The second kappa shape index (κ2) is 4.62. The van der Waals surface area contributed by atoms with Crippen LogP contribution in [0.25, 0.3) is 5.65 Å². The number of nitrogen functional groups attached to an aromatic ring is 1. The molecular formula is C11H12N6O2S. The lowest BCUT2D eigenvalue weighted by molar-refractivity contribution is 0.575. The van der Waals surface area contributed by atoms with Gasteiger partial charge in [-0.1, -0.05) is 6.07 Å². The minimum atomic E-state index is -3.78. The molecule has 0 spiro atoms. The number of nitrogens with one attached hydrogen (secondary N) is 2. The maximum absolute atomic E-state index is 12.3. The van der Waals surface area contributed by atoms with E-state index in [1.54, 1.807) is 36.8 Å². The Morgan fingerprint density at radius 3 is 3.00 bits per heavy atom. The molecule has 3 aromatic heterocycles. The monoisotopic (exact) mass is 292 g/mol. The number of nitrogens with two attached hydrogens (primary N) is 1. The molecule has 0 bridgehead atoms. The van der Waals surface area contributed by atoms with Gasteiger partial charge in [-0.25, -0.2) is 23.1 Å². The van der Waals surface area contributed by atoms with E-state index >= 15 is 0 Å². The topological polar surface area (TPSA) is 118 Å². The van der Waals surface area contributed by atoms with E-state index in [2.05, 4.69) is 19.7 Å². The first kappa shape index (κ1) is 12.6. The van der Waals surface area contributed by atoms with Gasteiger partial charge in [-0.2, -0.15) is 0 Å². The van der Waals surface area contributed by atoms with Crippen molar-refractivity contribution in [3.05, 3.63) is 42.6 Å². The van der Waals surface area contributed by atoms with Gasteiger partial charge in [0.15, 0.2) is 10.8 Å². The SMILES string of the molecule is Nc1nc2ccccn2c1S(=O)(=O)NCc1ncc[nH]1. The fourth-order valence-electron chi connectivity index (χ4n) is 1.89. The molecule has 8 nitrogen and oxygen atoms in total. The molecule has 0 aliphatic carbocycles. The number of pyridine rings is 1. The van der Waals surface area contributed by atoms with Crippen LogP contribution in [0, 0.1) is 0 Å². The standard InChI is InChI=1S/C11H12N6O2S/c12-10-11(17-6-2-1-3-9(17)16-10)20(18,19)15-7-8-13-4-5-14-8/h1-6,15H,7,12H2,(H,13,14). The van der Waals surface area contributed by atoms with Crippen molar-refractivity contribution < 1.29 is 8.42 Å². The first-order valence-electron chi connectivity index (χ1n) is 5.78. The summed E-state index contributed by atoms with van der Waals surface area (Å²) in [4.78, 5) is 10.8. The summed E-state index contributed by atoms with van der Waals surface area (Å²) >= 11 is 0. The number of rotatable bonds is 4. The lowest BCUT2D eigenvalue weighted by atomic mass is 10.5. The summed E-state index contributed by atoms with van der Waals surface area (Å²) in [6, 6.07) is 5.15. The van der Waals surface area contributed by atoms with Crippen LogP contribution >= 0.6 is 0 Å². The second-order valence-electron chi connectivity index (χ2n) is 4.09. The van der Waals surface area contributed by atoms with Gasteiger partial charge in [-0.3, -0.25) is 4.40 Å². The third-order valence-corrected chi connectivity index (χ3v) is 4.19. The molecule has 0 radical (unpaired) electrons. The number of anilines is 1. The molecule has 0 aliphatic rings. The maximum Gasteiger partial charge on any atom is 0.260 e. The Morgan fingerprint density at radius 2 is 2.25 bits per heavy atom. The number of aromatic nitrogens is 4. The Labute approximate surface area is 114 Å². The van der Waals surface area contributed by atoms with Crippen LogP contribution in [0.15, 0.2) is 41.8 Å². The zero-order valence-electron chi connectivity index (χ0n) is 10.3. The van der Waals surface area contributed by atoms with Crippen molar-refractivity contribution in [2.45, 2.75) is 11.6 Å². The normalized spacial score (nSPS) is 12.0. The molecule has 0 saturated heterocycles. The average molecular weight is 292 g/mol. The van der Waals surface area contributed by atoms with E-state index in [9.17, 15) is 8.42 Å². The van der Waals surface area contributed by atoms with Crippen molar-refractivity contribution in [1.29, 1.82) is 0 Å². The smallest absolute Gasteiger partial charge is 0.260 e. The summed E-state index contributed by atoms with van der Waals surface area (Å²) in [7, 11) is -3.78. The summed E-state index contributed by atoms with van der Waals surface area (Å²) in [6.45, 7) is 0.0504. The van der Waals surface area contributed by atoms with Gasteiger partial charge in [-0.05, 0) is 12.1 Å². The van der Waals surface area contributed by atoms with Gasteiger partial charge in [0.25, 0.3) is 10.0 Å². The highest BCUT2D eigenvalue weighted by atomic mass is 32.2. The van der Waals surface area contributed by atoms with Crippen LogP contribution in [0.4, 0.5) is 5.82 Å². The molecule has 9 heteroatoms. The Hall–Kier alpha value is -2.39. The molecule has 0 atom stereocenters. The lowest BCUT2D eigenvalue weighted by Gasteiger charge is -2.05. The zero-order chi connectivity index (χ0) is 14.2. The van der Waals surface area contributed by atoms with Gasteiger partial charge in [-0.15, -0.1) is 0 Å². The molecule has 0 amide bonds. The van der Waals surface area contributed by atoms with Gasteiger partial charge in [0.1, 0.15) is 11.5 Å². The van der Waals surface area contributed by atoms with Crippen molar-refractivity contribution in [3.8, 4) is 0 Å². The van der Waals surface area contributed by atoms with Crippen LogP contribution in [0.3, 0.4) is 0 Å². The average Bonchev–Trinajstić information content (AvgIpc) is 3.02. The van der Waals surface area contributed by atoms with Crippen LogP contribution in [-0.4, -0.2) is 27.8 Å². The van der Waals surface area contributed by atoms with E-state index < -0.39 is 10.0 Å². The molecule has 0 saturated carbocycles. The van der Waals surface area contributed by atoms with Crippen LogP contribution in [0.1, 0.15) is 5.82 Å². The minimum Gasteiger partial charge on any atom is -0.381 e. The summed E-state index contributed by atoms with van der Waals surface area (Å²) < 4.78 is 28.5. The van der Waals surface area contributed by atoms with Crippen LogP contribution in [-0.2, 0) is 16.6 Å². The van der Waals surface area contributed by atoms with E-state index in [1.165, 1.54) is 4.40 Å². The number of sulfonamides is 1. The molecule has 20 heavy (non-hydrogen) atoms. The second-order valence-corrected chi connectivity index (χ2v) is 5.77. The highest BCUT2D eigenvalue weighted by Gasteiger charge is 2.23. The largest absolute Gasteiger partial charge is 0.381 e. The predicted octanol–water partition coefficient (Wildman–Crippen LogP) is 0.118. The molecule has 4 N–H and O–H groups in total. The van der Waals surface area contributed by atoms with E-state index in [0.717, 1.165) is 0 Å². The van der Waals surface area contributed by atoms with Crippen molar-refractivity contribution in [2.24, 2.45) is 0 Å². The maximum atomic E-state index is 12.3. The Balaban J connectivity index is 1.98. The lowest BCUT2D eigenvalue weighted by Crippen LogP contribution is -2.25. The number of imidazole rings is 2. The van der Waals surface area contributed by atoms with Crippen molar-refractivity contribution in [3.63, 3.8) is 0 Å². The summed E-state index contributed by atoms with van der Waals surface area (Å²) in [5.74, 6) is 0.476. The van der Waals surface area contributed by atoms with Gasteiger partial charge in [0.2, 0.25) is 0 Å². The van der Waals surface area contributed by atoms with E-state index in [1.807, 2.05) is 0 Å². The molecular weight excluding hydrogens is 280 g/mol. The number of aromatic amines is 1. The van der Waals surface area contributed by atoms with E-state index in [-0.39, 0.29) is 17.4 Å². The highest BCUT2D eigenvalue weighted by Crippen LogP contribution is 2.19. The molecule has 0 fully saturated rings. The number of hydrogen-bond acceptors (Lipinski definition) is 5. The number of hydrogen-bond donors (Lipinski definition) is 3. The fourth-order valence-corrected chi connectivity index (χ4v) is 3.08. The van der Waals surface area contributed by atoms with Gasteiger partial charge in [0, 0.05) is 18.6 Å². The number of fused-ring (bicyclic) bond motifs is 1. The van der Waals surface area contributed by atoms with Crippen LogP contribution < -0.4 is 10.5 Å². The first-order valence-corrected chi connectivity index (χ1v) is 7.27. The quantitative estimate of drug-likeness (QED) is 0.631. The summed E-state index contributed by atoms with van der Waals surface area (Å²) in [5.41, 5.74) is 6.19. The number of nitrogens with zero attached hydrogens (tertiary/aromatic N) is 3. The van der Waals surface area contributed by atoms with Gasteiger partial charge >= 0.3 is 0 Å². The third kappa shape index (κ3) is 2.12. The molecule has 0 unspecified atom stereocenters. The van der Waals surface area contributed by atoms with Gasteiger partial charge in [0.05, 0.1) is 6.54 Å². The van der Waals surface area contributed by atoms with Crippen molar-refractivity contribution in [2.75, 3.05) is 5.73 Å². The van der Waals surface area contributed by atoms with E-state index in [0.29, 0.717) is 11.5 Å². The van der Waals surface area contributed by atoms with Crippen molar-refractivity contribution >= 4 is 21.5 Å². The first-order chi connectivity index (χ1) is 9.58. The minimum absolute atomic E-state index is 0.0388. The predicted molar refractivity (Wildman–Crippen MR) is 72.2 cm³/mol. The zero-order valence-corrected chi connectivity index (χ0v) is 11.1. The molecule has 104 valence electrons. The summed E-state index contributed by atoms with van der Waals surface area (Å²) in [6.07, 6.45) is 4.76. The molecule has 0 aliphatic heterocycles. The molecule has 0 aromatic carbocycles. The Kier molecular flexibility index (Phi) is 2.92. The number of H-pyrrole nitrogens is 1. The van der Waals surface area contributed by atoms with Crippen molar-refractivity contribution in [1.82, 2.24) is 24.1 Å². The van der Waals surface area contributed by atoms with Gasteiger partial charge < -0.3 is 10.7 Å². The Morgan fingerprint density at radius 1 is 1.40 bits per heavy atom. The van der Waals surface area contributed by atoms with E-state index in [4.69, 9.17) is 5.73 Å². The summed E-state index contributed by atoms with van der Waals surface area (Å²) in [5, 5.41) is -0.0698. The third-order valence-electron chi connectivity index (χ3n) is 2.75. The van der Waals surface area contributed by atoms with Crippen LogP contribution in [0.5, 0.6) is 0 Å². The molecule has 3 rings (SSSR count). The molecule has 3 heterocycles.